The number of ether oxygens (including phenoxy) is 1. The zero-order chi connectivity index (χ0) is 23.3. The fraction of sp³-hybridized carbons (Fsp3) is 0.0435. The fourth-order valence-corrected chi connectivity index (χ4v) is 5.16. The van der Waals surface area contributed by atoms with Gasteiger partial charge in [0.15, 0.2) is 0 Å². The fourth-order valence-electron chi connectivity index (χ4n) is 2.69. The molecule has 3 aromatic carbocycles. The van der Waals surface area contributed by atoms with E-state index in [0.29, 0.717) is 27.6 Å². The van der Waals surface area contributed by atoms with Crippen LogP contribution in [0.3, 0.4) is 0 Å². The molecule has 0 unspecified atom stereocenters. The predicted octanol–water partition coefficient (Wildman–Crippen LogP) is 7.47. The summed E-state index contributed by atoms with van der Waals surface area (Å²) < 4.78 is 20.8. The smallest absolute Gasteiger partial charge is 0.266 e. The maximum Gasteiger partial charge on any atom is 0.266 e. The van der Waals surface area contributed by atoms with Crippen LogP contribution in [0.2, 0.25) is 10.0 Å². The highest BCUT2D eigenvalue weighted by Crippen LogP contribution is 2.32. The van der Waals surface area contributed by atoms with Gasteiger partial charge in [-0.2, -0.15) is 5.26 Å². The van der Waals surface area contributed by atoms with Crippen LogP contribution in [0.25, 0.3) is 6.08 Å². The third-order valence-electron chi connectivity index (χ3n) is 4.17. The normalized spacial score (nSPS) is 11.1. The van der Waals surface area contributed by atoms with Crippen molar-refractivity contribution < 1.29 is 13.9 Å². The van der Waals surface area contributed by atoms with Crippen molar-refractivity contribution in [1.29, 1.82) is 5.26 Å². The quantitative estimate of drug-likeness (QED) is 0.166. The number of hydrogen-bond acceptors (Lipinski definition) is 3. The molecule has 0 aliphatic heterocycles. The summed E-state index contributed by atoms with van der Waals surface area (Å²) in [7, 11) is 0. The second-order valence-electron chi connectivity index (χ2n) is 6.46. The molecule has 1 N–H and O–H groups in total. The molecule has 0 saturated carbocycles. The van der Waals surface area contributed by atoms with Gasteiger partial charge in [-0.3, -0.25) is 4.79 Å². The van der Waals surface area contributed by atoms with E-state index in [1.807, 2.05) is 6.07 Å². The minimum Gasteiger partial charge on any atom is -0.487 e. The van der Waals surface area contributed by atoms with Crippen LogP contribution in [0.15, 0.2) is 60.2 Å². The summed E-state index contributed by atoms with van der Waals surface area (Å²) in [6.45, 7) is 0.213. The van der Waals surface area contributed by atoms with Gasteiger partial charge in [0.2, 0.25) is 0 Å². The molecule has 0 aromatic heterocycles. The van der Waals surface area contributed by atoms with E-state index in [1.165, 1.54) is 18.2 Å². The van der Waals surface area contributed by atoms with Gasteiger partial charge in [0, 0.05) is 0 Å². The zero-order valence-corrected chi connectivity index (χ0v) is 22.0. The molecule has 0 spiro atoms. The largest absolute Gasteiger partial charge is 0.487 e. The first kappa shape index (κ1) is 24.8. The summed E-state index contributed by atoms with van der Waals surface area (Å²) in [5.41, 5.74) is 1.58. The Kier molecular flexibility index (Phi) is 8.76. The molecule has 0 bridgehead atoms. The van der Waals surface area contributed by atoms with Crippen molar-refractivity contribution in [3.8, 4) is 11.8 Å². The van der Waals surface area contributed by atoms with E-state index in [9.17, 15) is 14.4 Å². The van der Waals surface area contributed by atoms with Crippen LogP contribution in [0.1, 0.15) is 11.1 Å². The average molecular weight is 693 g/mol. The van der Waals surface area contributed by atoms with Gasteiger partial charge in [0.25, 0.3) is 5.91 Å². The lowest BCUT2D eigenvalue weighted by Gasteiger charge is -2.12. The Morgan fingerprint density at radius 2 is 1.81 bits per heavy atom. The first-order valence-electron chi connectivity index (χ1n) is 9.02. The molecule has 0 aliphatic rings. The maximum atomic E-state index is 13.4. The van der Waals surface area contributed by atoms with Gasteiger partial charge in [-0.15, -0.1) is 0 Å². The SMILES string of the molecule is N#C/C(=C/c1cc(I)c(OCc2cccc(F)c2)c(I)c1)C(=O)Nc1cccc(Cl)c1Cl. The molecule has 9 heteroatoms. The first-order valence-corrected chi connectivity index (χ1v) is 11.9. The number of rotatable bonds is 6. The number of nitrogens with zero attached hydrogens (tertiary/aromatic N) is 1. The molecule has 32 heavy (non-hydrogen) atoms. The minimum atomic E-state index is -0.604. The number of hydrogen-bond donors (Lipinski definition) is 1. The van der Waals surface area contributed by atoms with Crippen molar-refractivity contribution in [1.82, 2.24) is 0 Å². The molecule has 0 fully saturated rings. The van der Waals surface area contributed by atoms with Gasteiger partial charge >= 0.3 is 0 Å². The Hall–Kier alpha value is -1.87. The van der Waals surface area contributed by atoms with E-state index in [-0.39, 0.29) is 23.0 Å². The highest BCUT2D eigenvalue weighted by atomic mass is 127. The number of carbonyl (C=O) groups excluding carboxylic acids is 1. The zero-order valence-electron chi connectivity index (χ0n) is 16.1. The van der Waals surface area contributed by atoms with Crippen LogP contribution >= 0.6 is 68.4 Å². The molecule has 0 aliphatic carbocycles. The van der Waals surface area contributed by atoms with Gasteiger partial charge in [-0.05, 0) is 98.8 Å². The number of nitrogens with one attached hydrogen (secondary N) is 1. The number of halogens is 5. The van der Waals surface area contributed by atoms with Crippen LogP contribution in [0, 0.1) is 24.3 Å². The van der Waals surface area contributed by atoms with Crippen LogP contribution < -0.4 is 10.1 Å². The summed E-state index contributed by atoms with van der Waals surface area (Å²) in [5.74, 6) is -0.285. The number of nitriles is 1. The van der Waals surface area contributed by atoms with E-state index in [0.717, 1.165) is 7.14 Å². The van der Waals surface area contributed by atoms with Crippen molar-refractivity contribution in [2.75, 3.05) is 5.32 Å². The molecule has 4 nitrogen and oxygen atoms in total. The third kappa shape index (κ3) is 6.34. The number of benzene rings is 3. The van der Waals surface area contributed by atoms with E-state index >= 15 is 0 Å². The number of amides is 1. The van der Waals surface area contributed by atoms with Crippen molar-refractivity contribution in [3.05, 3.63) is 94.3 Å². The van der Waals surface area contributed by atoms with Crippen molar-refractivity contribution in [2.24, 2.45) is 0 Å². The van der Waals surface area contributed by atoms with E-state index in [2.05, 4.69) is 50.5 Å². The van der Waals surface area contributed by atoms with Gasteiger partial charge in [0.05, 0.1) is 22.9 Å². The van der Waals surface area contributed by atoms with Crippen LogP contribution in [0.4, 0.5) is 10.1 Å². The Morgan fingerprint density at radius 3 is 2.47 bits per heavy atom. The lowest BCUT2D eigenvalue weighted by molar-refractivity contribution is -0.112. The maximum absolute atomic E-state index is 13.4. The molecule has 0 saturated heterocycles. The van der Waals surface area contributed by atoms with Crippen molar-refractivity contribution >= 4 is 86.1 Å². The van der Waals surface area contributed by atoms with Gasteiger partial charge < -0.3 is 10.1 Å². The Bertz CT molecular complexity index is 1240. The highest BCUT2D eigenvalue weighted by Gasteiger charge is 2.14. The third-order valence-corrected chi connectivity index (χ3v) is 6.59. The second-order valence-corrected chi connectivity index (χ2v) is 9.57. The van der Waals surface area contributed by atoms with Crippen LogP contribution in [0.5, 0.6) is 5.75 Å². The number of anilines is 1. The van der Waals surface area contributed by atoms with Crippen LogP contribution in [-0.2, 0) is 11.4 Å². The summed E-state index contributed by atoms with van der Waals surface area (Å²) in [6, 6.07) is 16.5. The second kappa shape index (κ2) is 11.3. The minimum absolute atomic E-state index is 0.0962. The number of carbonyl (C=O) groups is 1. The molecule has 0 radical (unpaired) electrons. The molecule has 0 atom stereocenters. The van der Waals surface area contributed by atoms with E-state index in [1.54, 1.807) is 42.5 Å². The van der Waals surface area contributed by atoms with Crippen molar-refractivity contribution in [3.63, 3.8) is 0 Å². The van der Waals surface area contributed by atoms with Gasteiger partial charge in [-0.1, -0.05) is 41.4 Å². The lowest BCUT2D eigenvalue weighted by atomic mass is 10.1. The average Bonchev–Trinajstić information content (AvgIpc) is 2.74. The monoisotopic (exact) mass is 692 g/mol. The van der Waals surface area contributed by atoms with Crippen LogP contribution in [-0.4, -0.2) is 5.91 Å². The lowest BCUT2D eigenvalue weighted by Crippen LogP contribution is -2.13. The van der Waals surface area contributed by atoms with Gasteiger partial charge in [-0.25, -0.2) is 4.39 Å². The summed E-state index contributed by atoms with van der Waals surface area (Å²) in [4.78, 5) is 12.6. The summed E-state index contributed by atoms with van der Waals surface area (Å²) in [5, 5.41) is 12.6. The Morgan fingerprint density at radius 1 is 1.12 bits per heavy atom. The summed E-state index contributed by atoms with van der Waals surface area (Å²) in [6.07, 6.45) is 1.48. The standard InChI is InChI=1S/C23H13Cl2FI2N2O2/c24-17-5-2-6-20(21(17)25)30-23(31)15(11-29)7-14-9-18(27)22(19(28)10-14)32-12-13-3-1-4-16(26)8-13/h1-10H,12H2,(H,30,31)/b15-7-. The highest BCUT2D eigenvalue weighted by molar-refractivity contribution is 14.1. The molecule has 1 amide bonds. The Labute approximate surface area is 221 Å². The molecule has 0 heterocycles. The predicted molar refractivity (Wildman–Crippen MR) is 141 cm³/mol. The molecule has 162 valence electrons. The molecular weight excluding hydrogens is 680 g/mol. The van der Waals surface area contributed by atoms with Crippen molar-refractivity contribution in [2.45, 2.75) is 6.61 Å². The van der Waals surface area contributed by atoms with Gasteiger partial charge in [0.1, 0.15) is 29.8 Å². The first-order chi connectivity index (χ1) is 15.3. The molecule has 3 aromatic rings. The summed E-state index contributed by atoms with van der Waals surface area (Å²) >= 11 is 16.3. The topological polar surface area (TPSA) is 62.1 Å². The molecular formula is C23H13Cl2FI2N2O2. The molecule has 3 rings (SSSR count). The van der Waals surface area contributed by atoms with E-state index < -0.39 is 5.91 Å². The van der Waals surface area contributed by atoms with E-state index in [4.69, 9.17) is 27.9 Å². The Balaban J connectivity index is 1.79.